The van der Waals surface area contributed by atoms with Gasteiger partial charge < -0.3 is 9.47 Å². The first-order valence-corrected chi connectivity index (χ1v) is 12.4. The summed E-state index contributed by atoms with van der Waals surface area (Å²) >= 11 is 3.44. The zero-order chi connectivity index (χ0) is 21.0. The van der Waals surface area contributed by atoms with Crippen molar-refractivity contribution in [2.24, 2.45) is 0 Å². The number of carbonyl (C=O) groups is 2. The van der Waals surface area contributed by atoms with Crippen LogP contribution in [0.2, 0.25) is 0 Å². The van der Waals surface area contributed by atoms with E-state index in [1.165, 1.54) is 64.9 Å². The van der Waals surface area contributed by atoms with E-state index in [0.717, 1.165) is 38.5 Å². The molecule has 1 unspecified atom stereocenters. The van der Waals surface area contributed by atoms with Gasteiger partial charge in [0.1, 0.15) is 10.9 Å². The van der Waals surface area contributed by atoms with Crippen molar-refractivity contribution in [1.82, 2.24) is 0 Å². The molecule has 0 saturated heterocycles. The first-order chi connectivity index (χ1) is 13.5. The van der Waals surface area contributed by atoms with Crippen molar-refractivity contribution in [3.8, 4) is 0 Å². The van der Waals surface area contributed by atoms with Crippen LogP contribution < -0.4 is 0 Å². The highest BCUT2D eigenvalue weighted by Crippen LogP contribution is 2.19. The number of methoxy groups -OCH3 is 1. The molecule has 0 aliphatic heterocycles. The molecule has 0 aliphatic rings. The lowest BCUT2D eigenvalue weighted by molar-refractivity contribution is -0.153. The predicted molar refractivity (Wildman–Crippen MR) is 120 cm³/mol. The Kier molecular flexibility index (Phi) is 19.3. The van der Waals surface area contributed by atoms with E-state index >= 15 is 0 Å². The van der Waals surface area contributed by atoms with E-state index in [4.69, 9.17) is 9.47 Å². The Bertz CT molecular complexity index is 387. The number of halogens is 1. The van der Waals surface area contributed by atoms with Crippen LogP contribution in [0.4, 0.5) is 0 Å². The molecule has 0 aromatic heterocycles. The lowest BCUT2D eigenvalue weighted by atomic mass is 10.0. The summed E-state index contributed by atoms with van der Waals surface area (Å²) in [5, 5.41) is 0. The fraction of sp³-hybridized carbons (Fsp3) is 0.913. The molecule has 0 fully saturated rings. The van der Waals surface area contributed by atoms with Gasteiger partial charge in [0.25, 0.3) is 0 Å². The van der Waals surface area contributed by atoms with Gasteiger partial charge in [-0.25, -0.2) is 0 Å². The van der Waals surface area contributed by atoms with Crippen LogP contribution in [0, 0.1) is 0 Å². The summed E-state index contributed by atoms with van der Waals surface area (Å²) in [6.45, 7) is 4.41. The fourth-order valence-corrected chi connectivity index (χ4v) is 3.69. The largest absolute Gasteiger partial charge is 0.469 e. The van der Waals surface area contributed by atoms with Gasteiger partial charge in [0, 0.05) is 0 Å². The summed E-state index contributed by atoms with van der Waals surface area (Å²) in [4.78, 5) is 23.7. The molecule has 2 atom stereocenters. The summed E-state index contributed by atoms with van der Waals surface area (Å²) in [5.74, 6) is -0.566. The van der Waals surface area contributed by atoms with Crippen molar-refractivity contribution < 1.29 is 19.1 Å². The lowest BCUT2D eigenvalue weighted by Gasteiger charge is -2.19. The van der Waals surface area contributed by atoms with Gasteiger partial charge in [0.05, 0.1) is 13.5 Å². The molecule has 5 heteroatoms. The lowest BCUT2D eigenvalue weighted by Crippen LogP contribution is -2.27. The second-order valence-electron chi connectivity index (χ2n) is 7.77. The SMILES string of the molecule is CCCCCCCCCCCC(CC(=O)OC)OC(=O)[C@H](Br)CCCCCC. The van der Waals surface area contributed by atoms with Gasteiger partial charge in [-0.1, -0.05) is 107 Å². The molecule has 4 nitrogen and oxygen atoms in total. The molecule has 0 rings (SSSR count). The summed E-state index contributed by atoms with van der Waals surface area (Å²) in [6, 6.07) is 0. The molecule has 0 spiro atoms. The summed E-state index contributed by atoms with van der Waals surface area (Å²) in [5.41, 5.74) is 0. The third kappa shape index (κ3) is 16.4. The smallest absolute Gasteiger partial charge is 0.320 e. The van der Waals surface area contributed by atoms with Crippen molar-refractivity contribution in [3.63, 3.8) is 0 Å². The third-order valence-corrected chi connectivity index (χ3v) is 5.93. The highest BCUT2D eigenvalue weighted by atomic mass is 79.9. The fourth-order valence-electron chi connectivity index (χ4n) is 3.26. The Morgan fingerprint density at radius 2 is 1.21 bits per heavy atom. The predicted octanol–water partition coefficient (Wildman–Crippen LogP) is 7.12. The molecule has 0 aliphatic carbocycles. The second-order valence-corrected chi connectivity index (χ2v) is 8.88. The van der Waals surface area contributed by atoms with E-state index in [9.17, 15) is 9.59 Å². The third-order valence-electron chi connectivity index (χ3n) is 5.10. The van der Waals surface area contributed by atoms with Gasteiger partial charge in [-0.2, -0.15) is 0 Å². The van der Waals surface area contributed by atoms with Crippen molar-refractivity contribution in [2.75, 3.05) is 7.11 Å². The normalized spacial score (nSPS) is 13.1. The Hall–Kier alpha value is -0.580. The number of hydrogen-bond donors (Lipinski definition) is 0. The average Bonchev–Trinajstić information content (AvgIpc) is 2.69. The molecule has 0 radical (unpaired) electrons. The summed E-state index contributed by atoms with van der Waals surface area (Å²) < 4.78 is 10.4. The number of carbonyl (C=O) groups excluding carboxylic acids is 2. The van der Waals surface area contributed by atoms with E-state index < -0.39 is 0 Å². The summed E-state index contributed by atoms with van der Waals surface area (Å²) in [6.07, 6.45) is 17.0. The molecule has 0 aromatic carbocycles. The van der Waals surface area contributed by atoms with Crippen molar-refractivity contribution in [1.29, 1.82) is 0 Å². The van der Waals surface area contributed by atoms with E-state index in [-0.39, 0.29) is 29.3 Å². The van der Waals surface area contributed by atoms with E-state index in [1.54, 1.807) is 0 Å². The number of esters is 2. The minimum absolute atomic E-state index is 0.148. The first kappa shape index (κ1) is 27.4. The maximum absolute atomic E-state index is 12.3. The Morgan fingerprint density at radius 1 is 0.750 bits per heavy atom. The van der Waals surface area contributed by atoms with Crippen molar-refractivity contribution in [2.45, 2.75) is 128 Å². The van der Waals surface area contributed by atoms with E-state index in [2.05, 4.69) is 29.8 Å². The highest BCUT2D eigenvalue weighted by Gasteiger charge is 2.23. The first-order valence-electron chi connectivity index (χ1n) is 11.5. The molecule has 0 bridgehead atoms. The van der Waals surface area contributed by atoms with Crippen LogP contribution >= 0.6 is 15.9 Å². The van der Waals surface area contributed by atoms with Crippen LogP contribution in [0.15, 0.2) is 0 Å². The molecular weight excluding hydrogens is 420 g/mol. The quantitative estimate of drug-likeness (QED) is 0.116. The van der Waals surface area contributed by atoms with Crippen LogP contribution in [0.1, 0.15) is 117 Å². The zero-order valence-electron chi connectivity index (χ0n) is 18.5. The van der Waals surface area contributed by atoms with Crippen molar-refractivity contribution in [3.05, 3.63) is 0 Å². The molecular formula is C23H43BrO4. The van der Waals surface area contributed by atoms with Crippen molar-refractivity contribution >= 4 is 27.9 Å². The van der Waals surface area contributed by atoms with Crippen LogP contribution in [-0.2, 0) is 19.1 Å². The standard InChI is InChI=1S/C23H43BrO4/c1-4-6-8-10-11-12-13-14-15-17-20(19-22(25)27-3)28-23(26)21(24)18-16-9-7-5-2/h20-21H,4-19H2,1-3H3/t20?,21-/m1/s1. The molecule has 0 aromatic rings. The van der Waals surface area contributed by atoms with Crippen LogP contribution in [0.3, 0.4) is 0 Å². The van der Waals surface area contributed by atoms with Gasteiger partial charge in [0.15, 0.2) is 0 Å². The van der Waals surface area contributed by atoms with Gasteiger partial charge >= 0.3 is 11.9 Å². The Morgan fingerprint density at radius 3 is 1.75 bits per heavy atom. The average molecular weight is 463 g/mol. The van der Waals surface area contributed by atoms with E-state index in [1.807, 2.05) is 0 Å². The highest BCUT2D eigenvalue weighted by molar-refractivity contribution is 9.10. The topological polar surface area (TPSA) is 52.6 Å². The van der Waals surface area contributed by atoms with Crippen LogP contribution in [0.25, 0.3) is 0 Å². The summed E-state index contributed by atoms with van der Waals surface area (Å²) in [7, 11) is 1.38. The molecule has 166 valence electrons. The minimum Gasteiger partial charge on any atom is -0.469 e. The molecule has 0 amide bonds. The molecule has 0 heterocycles. The number of unbranched alkanes of at least 4 members (excludes halogenated alkanes) is 11. The van der Waals surface area contributed by atoms with Gasteiger partial charge in [-0.15, -0.1) is 0 Å². The minimum atomic E-state index is -0.375. The van der Waals surface area contributed by atoms with Crippen LogP contribution in [0.5, 0.6) is 0 Å². The maximum Gasteiger partial charge on any atom is 0.320 e. The number of ether oxygens (including phenoxy) is 2. The molecule has 0 N–H and O–H groups in total. The Labute approximate surface area is 181 Å². The number of hydrogen-bond acceptors (Lipinski definition) is 4. The van der Waals surface area contributed by atoms with Crippen LogP contribution in [-0.4, -0.2) is 30.0 Å². The zero-order valence-corrected chi connectivity index (χ0v) is 20.1. The van der Waals surface area contributed by atoms with E-state index in [0.29, 0.717) is 0 Å². The monoisotopic (exact) mass is 462 g/mol. The number of rotatable bonds is 19. The second kappa shape index (κ2) is 19.7. The number of alkyl halides is 1. The molecule has 28 heavy (non-hydrogen) atoms. The van der Waals surface area contributed by atoms with Gasteiger partial charge in [0.2, 0.25) is 0 Å². The maximum atomic E-state index is 12.3. The molecule has 0 saturated carbocycles. The Balaban J connectivity index is 4.10. The van der Waals surface area contributed by atoms with Gasteiger partial charge in [-0.3, -0.25) is 9.59 Å². The van der Waals surface area contributed by atoms with Gasteiger partial charge in [-0.05, 0) is 19.3 Å².